The first kappa shape index (κ1) is 56.1. The average Bonchev–Trinajstić information content (AvgIpc) is 3.21. The SMILES string of the molecule is C[C@@H]1[C@H](O)[C@@H](C)/C=C/C=C/CC/C=C/C=C/C=C/C=C/[C@H](O[C@H]2O[C@H](C)[C@@H](O)[C@H](N)[C@@H]2O)C[C@H]2O[C@](O)(C[C@@H](O)[C@@H](O)CC[C@@H](O)C[C@@H](O)C[C@@H](O)CC(=O)O[C@H]1C)C[C@H](O)[C@@H]2C(=O)O. The maximum absolute atomic E-state index is 12.6. The molecule has 0 amide bonds. The van der Waals surface area contributed by atoms with Gasteiger partial charge in [-0.1, -0.05) is 86.8 Å². The van der Waals surface area contributed by atoms with Gasteiger partial charge < -0.3 is 80.9 Å². The van der Waals surface area contributed by atoms with Crippen LogP contribution in [0.2, 0.25) is 0 Å². The first-order chi connectivity index (χ1) is 30.6. The van der Waals surface area contributed by atoms with Gasteiger partial charge in [-0.2, -0.15) is 0 Å². The molecular weight excluding hydrogens is 851 g/mol. The summed E-state index contributed by atoms with van der Waals surface area (Å²) < 4.78 is 23.2. The van der Waals surface area contributed by atoms with Crippen LogP contribution in [0.5, 0.6) is 0 Å². The molecule has 3 heterocycles. The zero-order valence-electron chi connectivity index (χ0n) is 37.8. The molecule has 2 fully saturated rings. The number of esters is 1. The van der Waals surface area contributed by atoms with Crippen molar-refractivity contribution in [2.75, 3.05) is 0 Å². The molecule has 0 aromatic carbocycles. The summed E-state index contributed by atoms with van der Waals surface area (Å²) in [5.41, 5.74) is 6.02. The molecule has 18 nitrogen and oxygen atoms in total. The van der Waals surface area contributed by atoms with Crippen LogP contribution < -0.4 is 5.73 Å². The second-order valence-corrected chi connectivity index (χ2v) is 17.8. The van der Waals surface area contributed by atoms with Gasteiger partial charge in [0.2, 0.25) is 0 Å². The summed E-state index contributed by atoms with van der Waals surface area (Å²) in [7, 11) is 0. The monoisotopic (exact) mass is 926 g/mol. The lowest BCUT2D eigenvalue weighted by Gasteiger charge is -2.45. The summed E-state index contributed by atoms with van der Waals surface area (Å²) in [5.74, 6) is -6.82. The second-order valence-electron chi connectivity index (χ2n) is 17.8. The number of aliphatic hydroxyl groups is 10. The maximum Gasteiger partial charge on any atom is 0.311 e. The topological polar surface area (TPSA) is 320 Å². The number of carbonyl (C=O) groups is 2. The van der Waals surface area contributed by atoms with Crippen LogP contribution in [-0.2, 0) is 28.5 Å². The minimum atomic E-state index is -2.35. The first-order valence-corrected chi connectivity index (χ1v) is 22.6. The van der Waals surface area contributed by atoms with E-state index in [1.54, 1.807) is 38.2 Å². The van der Waals surface area contributed by atoms with Gasteiger partial charge in [0.1, 0.15) is 18.1 Å². The molecule has 3 aliphatic rings. The fourth-order valence-electron chi connectivity index (χ4n) is 8.11. The Morgan fingerprint density at radius 1 is 0.692 bits per heavy atom. The summed E-state index contributed by atoms with van der Waals surface area (Å²) in [5, 5.41) is 118. The Hall–Kier alpha value is -3.18. The fraction of sp³-hybridized carbons (Fsp3) is 0.702. The molecule has 2 saturated heterocycles. The zero-order valence-corrected chi connectivity index (χ0v) is 37.8. The molecule has 0 aromatic rings. The van der Waals surface area contributed by atoms with Crippen LogP contribution in [0.1, 0.15) is 91.9 Å². The summed E-state index contributed by atoms with van der Waals surface area (Å²) in [6.45, 7) is 6.78. The predicted octanol–water partition coefficient (Wildman–Crippen LogP) is 0.936. The second kappa shape index (κ2) is 27.6. The molecular formula is C47H75NO17. The van der Waals surface area contributed by atoms with Gasteiger partial charge >= 0.3 is 11.9 Å². The molecule has 0 radical (unpaired) electrons. The lowest BCUT2D eigenvalue weighted by Crippen LogP contribution is -2.61. The lowest BCUT2D eigenvalue weighted by molar-refractivity contribution is -0.310. The normalized spacial score (nSPS) is 45.2. The van der Waals surface area contributed by atoms with Crippen molar-refractivity contribution in [3.8, 4) is 0 Å². The Balaban J connectivity index is 1.84. The molecule has 0 spiro atoms. The van der Waals surface area contributed by atoms with Crippen LogP contribution in [-0.4, -0.2) is 166 Å². The summed E-state index contributed by atoms with van der Waals surface area (Å²) in [4.78, 5) is 25.1. The Bertz CT molecular complexity index is 1620. The Labute approximate surface area is 381 Å². The summed E-state index contributed by atoms with van der Waals surface area (Å²) in [6, 6.07) is -1.14. The molecule has 370 valence electrons. The van der Waals surface area contributed by atoms with Gasteiger partial charge in [0.25, 0.3) is 0 Å². The molecule has 0 aliphatic carbocycles. The van der Waals surface area contributed by atoms with Crippen molar-refractivity contribution in [2.45, 2.75) is 189 Å². The minimum Gasteiger partial charge on any atom is -0.481 e. The number of aliphatic carboxylic acids is 1. The highest BCUT2D eigenvalue weighted by Crippen LogP contribution is 2.38. The van der Waals surface area contributed by atoms with Gasteiger partial charge in [-0.25, -0.2) is 0 Å². The third-order valence-corrected chi connectivity index (χ3v) is 12.2. The Kier molecular flexibility index (Phi) is 23.8. The number of hydrogen-bond acceptors (Lipinski definition) is 17. The molecule has 3 aliphatic heterocycles. The number of carboxylic acids is 1. The number of aliphatic hydroxyl groups excluding tert-OH is 9. The number of nitrogens with two attached hydrogens (primary N) is 1. The number of ether oxygens (including phenoxy) is 4. The molecule has 0 aromatic heterocycles. The van der Waals surface area contributed by atoms with Crippen molar-refractivity contribution in [2.24, 2.45) is 23.5 Å². The van der Waals surface area contributed by atoms with Crippen molar-refractivity contribution >= 4 is 11.9 Å². The van der Waals surface area contributed by atoms with E-state index in [0.717, 1.165) is 12.8 Å². The number of fused-ring (bicyclic) bond motifs is 2. The van der Waals surface area contributed by atoms with Gasteiger partial charge in [0, 0.05) is 31.1 Å². The van der Waals surface area contributed by atoms with Crippen molar-refractivity contribution in [3.05, 3.63) is 72.9 Å². The van der Waals surface area contributed by atoms with Gasteiger partial charge in [-0.15, -0.1) is 0 Å². The van der Waals surface area contributed by atoms with Crippen LogP contribution >= 0.6 is 0 Å². The standard InChI is InChI=1S/C47H75NO17/c1-27-17-15-13-11-9-7-5-6-8-10-12-14-16-18-34(64-46-44(58)41(48)43(57)30(4)63-46)24-38-40(45(59)60)37(54)26-47(61,65-38)25-36(53)35(52)20-19-31(49)21-32(50)22-33(51)23-39(55)62-29(3)28(2)42(27)56/h5-6,8,10-18,27-38,40-44,46,49-54,56-58,61H,7,9,19-26,48H2,1-4H3,(H,59,60)/b6-5+,10-8+,13-11+,14-12+,17-15+,18-16+/t27-,28-,29-,30+,31+,32+,33+,34-,35-,36+,37-,38+,40-,41-,42+,43+,44-,46+,47+/m0/s1. The molecule has 18 heteroatoms. The van der Waals surface area contributed by atoms with E-state index in [-0.39, 0.29) is 38.0 Å². The van der Waals surface area contributed by atoms with Gasteiger partial charge in [0.05, 0.1) is 79.6 Å². The highest BCUT2D eigenvalue weighted by atomic mass is 16.7. The summed E-state index contributed by atoms with van der Waals surface area (Å²) >= 11 is 0. The predicted molar refractivity (Wildman–Crippen MR) is 237 cm³/mol. The van der Waals surface area contributed by atoms with E-state index < -0.39 is 141 Å². The molecule has 0 unspecified atom stereocenters. The van der Waals surface area contributed by atoms with Crippen molar-refractivity contribution < 1.29 is 84.7 Å². The fourth-order valence-corrected chi connectivity index (χ4v) is 8.11. The summed E-state index contributed by atoms with van der Waals surface area (Å²) in [6.07, 6.45) is 2.28. The van der Waals surface area contributed by atoms with E-state index in [1.807, 2.05) is 49.5 Å². The molecule has 13 N–H and O–H groups in total. The third-order valence-electron chi connectivity index (χ3n) is 12.2. The van der Waals surface area contributed by atoms with Crippen LogP contribution in [0.25, 0.3) is 0 Å². The minimum absolute atomic E-state index is 0.138. The van der Waals surface area contributed by atoms with Crippen LogP contribution in [0, 0.1) is 17.8 Å². The highest BCUT2D eigenvalue weighted by molar-refractivity contribution is 5.71. The Morgan fingerprint density at radius 3 is 1.94 bits per heavy atom. The van der Waals surface area contributed by atoms with Gasteiger partial charge in [-0.3, -0.25) is 9.59 Å². The average molecular weight is 926 g/mol. The quantitative estimate of drug-likeness (QED) is 0.175. The van der Waals surface area contributed by atoms with Crippen molar-refractivity contribution in [3.63, 3.8) is 0 Å². The number of rotatable bonds is 3. The largest absolute Gasteiger partial charge is 0.481 e. The van der Waals surface area contributed by atoms with E-state index in [9.17, 15) is 65.8 Å². The number of allylic oxidation sites excluding steroid dienone is 10. The van der Waals surface area contributed by atoms with E-state index in [1.165, 1.54) is 13.0 Å². The Morgan fingerprint density at radius 2 is 1.28 bits per heavy atom. The van der Waals surface area contributed by atoms with Gasteiger partial charge in [0.15, 0.2) is 12.1 Å². The molecule has 65 heavy (non-hydrogen) atoms. The van der Waals surface area contributed by atoms with E-state index in [4.69, 9.17) is 24.7 Å². The van der Waals surface area contributed by atoms with E-state index in [0.29, 0.717) is 0 Å². The molecule has 2 bridgehead atoms. The third kappa shape index (κ3) is 18.8. The number of hydrogen-bond donors (Lipinski definition) is 12. The van der Waals surface area contributed by atoms with E-state index >= 15 is 0 Å². The number of carbonyl (C=O) groups excluding carboxylic acids is 1. The van der Waals surface area contributed by atoms with Crippen molar-refractivity contribution in [1.29, 1.82) is 0 Å². The molecule has 3 rings (SSSR count). The zero-order chi connectivity index (χ0) is 48.4. The number of cyclic esters (lactones) is 1. The highest BCUT2D eigenvalue weighted by Gasteiger charge is 2.51. The smallest absolute Gasteiger partial charge is 0.311 e. The molecule has 0 saturated carbocycles. The first-order valence-electron chi connectivity index (χ1n) is 22.6. The lowest BCUT2D eigenvalue weighted by atomic mass is 9.82. The van der Waals surface area contributed by atoms with Crippen LogP contribution in [0.15, 0.2) is 72.9 Å². The van der Waals surface area contributed by atoms with Crippen LogP contribution in [0.4, 0.5) is 0 Å². The van der Waals surface area contributed by atoms with Crippen molar-refractivity contribution in [1.82, 2.24) is 0 Å². The van der Waals surface area contributed by atoms with Gasteiger partial charge in [-0.05, 0) is 52.4 Å². The maximum atomic E-state index is 12.6. The van der Waals surface area contributed by atoms with Crippen LogP contribution in [0.3, 0.4) is 0 Å². The van der Waals surface area contributed by atoms with E-state index in [2.05, 4.69) is 0 Å². The number of carboxylic acid groups (broad SMARTS) is 1. The molecule has 19 atom stereocenters.